The van der Waals surface area contributed by atoms with Gasteiger partial charge in [-0.05, 0) is 86.2 Å². The topological polar surface area (TPSA) is 178 Å². The molecule has 3 atom stereocenters. The van der Waals surface area contributed by atoms with Crippen LogP contribution in [0.3, 0.4) is 0 Å². The number of ether oxygens (including phenoxy) is 2. The standard InChI is InChI=1S/C42H58N6O6/c1-5-6-7-8-9-10-11-30-12-15-32(16-13-30)41(51)45-27-38(49)48(4)39-33-17-19-37(54-23-21-44)35(26-33)34-25-31(14-18-36(34)53-22-20-43)24-28(2)46-40(50)29(3)47-42(39)52/h12-19,25-26,28-29,39H,5-11,20-24,27,43-44H2,1-4H3,(H,45,51)(H,46,50)(H,47,52)/t28?,29-,39?/m0/s1. The van der Waals surface area contributed by atoms with Gasteiger partial charge in [0.15, 0.2) is 0 Å². The van der Waals surface area contributed by atoms with E-state index in [9.17, 15) is 19.2 Å². The molecule has 292 valence electrons. The Balaban J connectivity index is 1.61. The molecule has 0 radical (unpaired) electrons. The summed E-state index contributed by atoms with van der Waals surface area (Å²) in [7, 11) is 1.50. The van der Waals surface area contributed by atoms with Gasteiger partial charge in [0, 0.05) is 42.9 Å². The number of amides is 4. The summed E-state index contributed by atoms with van der Waals surface area (Å²) in [6.07, 6.45) is 8.77. The Morgan fingerprint density at radius 2 is 1.44 bits per heavy atom. The molecule has 4 bridgehead atoms. The minimum atomic E-state index is -1.18. The molecule has 3 aromatic carbocycles. The second-order valence-electron chi connectivity index (χ2n) is 14.0. The third-order valence-electron chi connectivity index (χ3n) is 9.55. The summed E-state index contributed by atoms with van der Waals surface area (Å²) in [4.78, 5) is 55.4. The van der Waals surface area contributed by atoms with Crippen LogP contribution in [0.4, 0.5) is 0 Å². The molecule has 4 amide bonds. The highest BCUT2D eigenvalue weighted by Crippen LogP contribution is 2.40. The molecular weight excluding hydrogens is 684 g/mol. The summed E-state index contributed by atoms with van der Waals surface area (Å²) in [5, 5.41) is 8.49. The van der Waals surface area contributed by atoms with E-state index < -0.39 is 29.8 Å². The Kier molecular flexibility index (Phi) is 16.3. The number of likely N-dealkylation sites (N-methyl/N-ethyl adjacent to an activating group) is 1. The highest BCUT2D eigenvalue weighted by molar-refractivity contribution is 5.98. The zero-order chi connectivity index (χ0) is 39.0. The summed E-state index contributed by atoms with van der Waals surface area (Å²) in [6, 6.07) is 16.1. The van der Waals surface area contributed by atoms with E-state index >= 15 is 0 Å². The van der Waals surface area contributed by atoms with E-state index in [4.69, 9.17) is 20.9 Å². The van der Waals surface area contributed by atoms with Gasteiger partial charge in [0.05, 0.1) is 6.54 Å². The van der Waals surface area contributed by atoms with Crippen molar-refractivity contribution >= 4 is 23.6 Å². The van der Waals surface area contributed by atoms with Gasteiger partial charge in [-0.25, -0.2) is 0 Å². The summed E-state index contributed by atoms with van der Waals surface area (Å²) in [6.45, 7) is 6.45. The van der Waals surface area contributed by atoms with Crippen LogP contribution in [-0.4, -0.2) is 80.5 Å². The normalized spacial score (nSPS) is 17.1. The first-order valence-corrected chi connectivity index (χ1v) is 19.2. The fourth-order valence-corrected chi connectivity index (χ4v) is 6.57. The first-order chi connectivity index (χ1) is 26.1. The molecule has 4 rings (SSSR count). The molecular formula is C42H58N6O6. The van der Waals surface area contributed by atoms with Crippen molar-refractivity contribution in [3.63, 3.8) is 0 Å². The van der Waals surface area contributed by atoms with Crippen LogP contribution in [0.2, 0.25) is 0 Å². The number of rotatable bonds is 17. The lowest BCUT2D eigenvalue weighted by Crippen LogP contribution is -2.52. The lowest BCUT2D eigenvalue weighted by molar-refractivity contribution is -0.139. The van der Waals surface area contributed by atoms with E-state index in [2.05, 4.69) is 22.9 Å². The third-order valence-corrected chi connectivity index (χ3v) is 9.55. The van der Waals surface area contributed by atoms with Gasteiger partial charge in [0.25, 0.3) is 5.91 Å². The smallest absolute Gasteiger partial charge is 0.251 e. The number of hydrogen-bond acceptors (Lipinski definition) is 8. The van der Waals surface area contributed by atoms with Gasteiger partial charge in [0.1, 0.15) is 36.8 Å². The van der Waals surface area contributed by atoms with Crippen LogP contribution in [0, 0.1) is 0 Å². The SMILES string of the molecule is CCCCCCCCc1ccc(C(=O)NCC(=O)N(C)C2C(=O)N[C@@H](C)C(=O)NC(C)Cc3ccc(OCCN)c(c3)-c3cc2ccc3OCCN)cc1. The fraction of sp³-hybridized carbons (Fsp3) is 0.476. The number of benzene rings is 3. The average molecular weight is 743 g/mol. The monoisotopic (exact) mass is 742 g/mol. The van der Waals surface area contributed by atoms with Gasteiger partial charge in [-0.3, -0.25) is 19.2 Å². The van der Waals surface area contributed by atoms with E-state index in [1.165, 1.54) is 49.6 Å². The lowest BCUT2D eigenvalue weighted by atomic mass is 9.94. The number of nitrogens with two attached hydrogens (primary N) is 2. The van der Waals surface area contributed by atoms with Crippen LogP contribution in [0.5, 0.6) is 11.5 Å². The van der Waals surface area contributed by atoms with Crippen LogP contribution in [0.1, 0.15) is 92.4 Å². The number of carbonyl (C=O) groups excluding carboxylic acids is 4. The van der Waals surface area contributed by atoms with Gasteiger partial charge in [-0.1, -0.05) is 63.3 Å². The number of unbranched alkanes of at least 4 members (excludes halogenated alkanes) is 5. The van der Waals surface area contributed by atoms with Crippen LogP contribution >= 0.6 is 0 Å². The van der Waals surface area contributed by atoms with Gasteiger partial charge in [-0.15, -0.1) is 0 Å². The van der Waals surface area contributed by atoms with Gasteiger partial charge in [-0.2, -0.15) is 0 Å². The van der Waals surface area contributed by atoms with Gasteiger partial charge in [0.2, 0.25) is 17.7 Å². The van der Waals surface area contributed by atoms with Crippen LogP contribution in [-0.2, 0) is 27.2 Å². The molecule has 0 spiro atoms. The van der Waals surface area contributed by atoms with Crippen LogP contribution in [0.25, 0.3) is 11.1 Å². The molecule has 1 aliphatic heterocycles. The van der Waals surface area contributed by atoms with Crippen LogP contribution < -0.4 is 36.9 Å². The molecule has 1 aliphatic rings. The molecule has 0 aliphatic carbocycles. The van der Waals surface area contributed by atoms with E-state index in [0.717, 1.165) is 18.4 Å². The third kappa shape index (κ3) is 11.8. The zero-order valence-electron chi connectivity index (χ0n) is 32.2. The highest BCUT2D eigenvalue weighted by atomic mass is 16.5. The molecule has 0 saturated heterocycles. The maximum atomic E-state index is 14.1. The molecule has 7 N–H and O–H groups in total. The quantitative estimate of drug-likeness (QED) is 0.126. The number of nitrogens with zero attached hydrogens (tertiary/aromatic N) is 1. The van der Waals surface area contributed by atoms with Crippen molar-refractivity contribution in [1.29, 1.82) is 0 Å². The second kappa shape index (κ2) is 21.1. The van der Waals surface area contributed by atoms with Crippen molar-refractivity contribution in [2.24, 2.45) is 11.5 Å². The molecule has 12 heteroatoms. The predicted molar refractivity (Wildman–Crippen MR) is 211 cm³/mol. The van der Waals surface area contributed by atoms with E-state index in [-0.39, 0.29) is 38.3 Å². The van der Waals surface area contributed by atoms with Crippen molar-refractivity contribution in [3.05, 3.63) is 82.9 Å². The zero-order valence-corrected chi connectivity index (χ0v) is 32.2. The first kappa shape index (κ1) is 41.8. The van der Waals surface area contributed by atoms with E-state index in [1.54, 1.807) is 37.3 Å². The molecule has 12 nitrogen and oxygen atoms in total. The number of nitrogens with one attached hydrogen (secondary N) is 3. The molecule has 54 heavy (non-hydrogen) atoms. The van der Waals surface area contributed by atoms with Gasteiger partial charge >= 0.3 is 0 Å². The maximum Gasteiger partial charge on any atom is 0.251 e. The number of aryl methyl sites for hydroxylation is 1. The molecule has 2 unspecified atom stereocenters. The predicted octanol–water partition coefficient (Wildman–Crippen LogP) is 4.43. The Bertz CT molecular complexity index is 1710. The van der Waals surface area contributed by atoms with E-state index in [1.807, 2.05) is 37.3 Å². The fourth-order valence-electron chi connectivity index (χ4n) is 6.57. The van der Waals surface area contributed by atoms with Crippen molar-refractivity contribution in [1.82, 2.24) is 20.9 Å². The summed E-state index contributed by atoms with van der Waals surface area (Å²) in [5.74, 6) is -0.764. The maximum absolute atomic E-state index is 14.1. The van der Waals surface area contributed by atoms with E-state index in [0.29, 0.717) is 46.7 Å². The molecule has 3 aromatic rings. The molecule has 0 fully saturated rings. The minimum absolute atomic E-state index is 0.245. The lowest BCUT2D eigenvalue weighted by Gasteiger charge is -2.30. The largest absolute Gasteiger partial charge is 0.492 e. The van der Waals surface area contributed by atoms with Crippen molar-refractivity contribution in [2.75, 3.05) is 39.9 Å². The first-order valence-electron chi connectivity index (χ1n) is 19.2. The Labute approximate surface area is 319 Å². The number of hydrogen-bond donors (Lipinski definition) is 5. The number of carbonyl (C=O) groups is 4. The summed E-state index contributed by atoms with van der Waals surface area (Å²) in [5.41, 5.74) is 15.9. The summed E-state index contributed by atoms with van der Waals surface area (Å²) >= 11 is 0. The van der Waals surface area contributed by atoms with Crippen LogP contribution in [0.15, 0.2) is 60.7 Å². The van der Waals surface area contributed by atoms with Crippen molar-refractivity contribution < 1.29 is 28.7 Å². The Hall–Kier alpha value is -4.94. The second-order valence-corrected chi connectivity index (χ2v) is 14.0. The van der Waals surface area contributed by atoms with Crippen molar-refractivity contribution in [3.8, 4) is 22.6 Å². The Morgan fingerprint density at radius 1 is 0.815 bits per heavy atom. The van der Waals surface area contributed by atoms with Gasteiger partial charge < -0.3 is 41.8 Å². The number of fused-ring (bicyclic) bond motifs is 5. The molecule has 1 heterocycles. The van der Waals surface area contributed by atoms with Crippen molar-refractivity contribution in [2.45, 2.75) is 90.3 Å². The molecule has 0 saturated carbocycles. The summed E-state index contributed by atoms with van der Waals surface area (Å²) < 4.78 is 12.1. The minimum Gasteiger partial charge on any atom is -0.492 e. The average Bonchev–Trinajstić information content (AvgIpc) is 3.16. The Morgan fingerprint density at radius 3 is 2.11 bits per heavy atom. The highest BCUT2D eigenvalue weighted by Gasteiger charge is 2.32. The molecule has 0 aromatic heterocycles.